The number of hydrogen-bond donors (Lipinski definition) is 2. The second kappa shape index (κ2) is 8.11. The Labute approximate surface area is 185 Å². The van der Waals surface area contributed by atoms with Crippen LogP contribution in [0, 0.1) is 5.92 Å². The molecule has 2 amide bonds. The standard InChI is InChI=1S/C24H24N2O6/c1-30-16-9-7-14(8-10-16)11-25-23(28)19-20(17-3-2-4-18-22(17)32-13-31-18)26(12-15-5-6-15)24(29)21(19)27/h2-4,7-10,15,20,27H,5-6,11-13H2,1H3,(H,25,28). The lowest BCUT2D eigenvalue weighted by molar-refractivity contribution is -0.129. The molecule has 8 heteroatoms. The van der Waals surface area contributed by atoms with Crippen molar-refractivity contribution in [1.29, 1.82) is 0 Å². The zero-order chi connectivity index (χ0) is 22.2. The molecule has 0 spiro atoms. The molecule has 0 saturated heterocycles. The minimum Gasteiger partial charge on any atom is -0.503 e. The van der Waals surface area contributed by atoms with Crippen LogP contribution < -0.4 is 19.5 Å². The Morgan fingerprint density at radius 2 is 1.97 bits per heavy atom. The van der Waals surface area contributed by atoms with Crippen LogP contribution in [0.2, 0.25) is 0 Å². The summed E-state index contributed by atoms with van der Waals surface area (Å²) in [7, 11) is 1.59. The summed E-state index contributed by atoms with van der Waals surface area (Å²) in [6.45, 7) is 0.799. The number of aliphatic hydroxyl groups excluding tert-OH is 1. The summed E-state index contributed by atoms with van der Waals surface area (Å²) in [6.07, 6.45) is 2.06. The van der Waals surface area contributed by atoms with Crippen molar-refractivity contribution in [3.63, 3.8) is 0 Å². The molecule has 1 atom stereocenters. The van der Waals surface area contributed by atoms with E-state index in [1.807, 2.05) is 24.3 Å². The van der Waals surface area contributed by atoms with Crippen LogP contribution in [0.3, 0.4) is 0 Å². The molecule has 2 aliphatic heterocycles. The first kappa shape index (κ1) is 20.2. The maximum atomic E-state index is 13.2. The monoisotopic (exact) mass is 436 g/mol. The van der Waals surface area contributed by atoms with Gasteiger partial charge < -0.3 is 29.5 Å². The molecule has 8 nitrogen and oxygen atoms in total. The highest BCUT2D eigenvalue weighted by molar-refractivity contribution is 6.08. The van der Waals surface area contributed by atoms with Crippen LogP contribution in [-0.4, -0.2) is 42.3 Å². The number of hydrogen-bond acceptors (Lipinski definition) is 6. The molecule has 166 valence electrons. The van der Waals surface area contributed by atoms with Gasteiger partial charge in [-0.05, 0) is 42.5 Å². The number of benzene rings is 2. The Morgan fingerprint density at radius 3 is 2.69 bits per heavy atom. The van der Waals surface area contributed by atoms with E-state index in [0.717, 1.165) is 24.2 Å². The number of carbonyl (C=O) groups excluding carboxylic acids is 2. The molecule has 2 aromatic rings. The third-order valence-electron chi connectivity index (χ3n) is 6.03. The van der Waals surface area contributed by atoms with Gasteiger partial charge in [0.05, 0.1) is 18.7 Å². The molecule has 2 N–H and O–H groups in total. The van der Waals surface area contributed by atoms with Gasteiger partial charge in [-0.25, -0.2) is 0 Å². The fourth-order valence-electron chi connectivity index (χ4n) is 4.16. The quantitative estimate of drug-likeness (QED) is 0.693. The van der Waals surface area contributed by atoms with Crippen LogP contribution in [0.4, 0.5) is 0 Å². The molecule has 2 heterocycles. The Hall–Kier alpha value is -3.68. The summed E-state index contributed by atoms with van der Waals surface area (Å²) in [6, 6.07) is 11.9. The number of carbonyl (C=O) groups is 2. The molecular weight excluding hydrogens is 412 g/mol. The lowest BCUT2D eigenvalue weighted by atomic mass is 9.97. The van der Waals surface area contributed by atoms with Crippen molar-refractivity contribution in [1.82, 2.24) is 10.2 Å². The molecule has 1 saturated carbocycles. The second-order valence-electron chi connectivity index (χ2n) is 8.18. The fourth-order valence-corrected chi connectivity index (χ4v) is 4.16. The zero-order valence-corrected chi connectivity index (χ0v) is 17.7. The van der Waals surface area contributed by atoms with E-state index in [4.69, 9.17) is 14.2 Å². The molecule has 3 aliphatic rings. The van der Waals surface area contributed by atoms with Crippen molar-refractivity contribution < 1.29 is 28.9 Å². The highest BCUT2D eigenvalue weighted by Crippen LogP contribution is 2.47. The van der Waals surface area contributed by atoms with Crippen molar-refractivity contribution in [2.45, 2.75) is 25.4 Å². The summed E-state index contributed by atoms with van der Waals surface area (Å²) in [5.41, 5.74) is 1.54. The maximum absolute atomic E-state index is 13.2. The third kappa shape index (κ3) is 3.62. The van der Waals surface area contributed by atoms with Gasteiger partial charge in [0.25, 0.3) is 11.8 Å². The predicted molar refractivity (Wildman–Crippen MR) is 114 cm³/mol. The van der Waals surface area contributed by atoms with Crippen molar-refractivity contribution in [2.24, 2.45) is 5.92 Å². The van der Waals surface area contributed by atoms with Crippen LogP contribution >= 0.6 is 0 Å². The molecule has 0 bridgehead atoms. The predicted octanol–water partition coefficient (Wildman–Crippen LogP) is 2.85. The minimum atomic E-state index is -0.740. The van der Waals surface area contributed by atoms with Gasteiger partial charge in [0, 0.05) is 18.7 Å². The number of ether oxygens (including phenoxy) is 3. The summed E-state index contributed by atoms with van der Waals surface area (Å²) >= 11 is 0. The van der Waals surface area contributed by atoms with E-state index in [1.54, 1.807) is 30.2 Å². The van der Waals surface area contributed by atoms with E-state index in [0.29, 0.717) is 29.5 Å². The van der Waals surface area contributed by atoms with Gasteiger partial charge in [0.15, 0.2) is 17.3 Å². The first-order valence-electron chi connectivity index (χ1n) is 10.6. The molecule has 5 rings (SSSR count). The van der Waals surface area contributed by atoms with E-state index in [1.165, 1.54) is 0 Å². The number of methoxy groups -OCH3 is 1. The summed E-state index contributed by atoms with van der Waals surface area (Å²) in [5, 5.41) is 13.6. The number of fused-ring (bicyclic) bond motifs is 1. The zero-order valence-electron chi connectivity index (χ0n) is 17.7. The topological polar surface area (TPSA) is 97.3 Å². The average molecular weight is 436 g/mol. The summed E-state index contributed by atoms with van der Waals surface area (Å²) in [4.78, 5) is 27.8. The van der Waals surface area contributed by atoms with Crippen molar-refractivity contribution in [2.75, 3.05) is 20.4 Å². The number of rotatable bonds is 7. The van der Waals surface area contributed by atoms with Crippen LogP contribution in [0.1, 0.15) is 30.0 Å². The summed E-state index contributed by atoms with van der Waals surface area (Å²) < 4.78 is 16.3. The first-order chi connectivity index (χ1) is 15.6. The van der Waals surface area contributed by atoms with Gasteiger partial charge in [0.1, 0.15) is 5.75 Å². The smallest absolute Gasteiger partial charge is 0.290 e. The molecule has 32 heavy (non-hydrogen) atoms. The number of aliphatic hydroxyl groups is 1. The van der Waals surface area contributed by atoms with Gasteiger partial charge in [0.2, 0.25) is 6.79 Å². The lowest BCUT2D eigenvalue weighted by Gasteiger charge is -2.27. The molecular formula is C24H24N2O6. The minimum absolute atomic E-state index is 0.0352. The normalized spacial score (nSPS) is 19.5. The Bertz CT molecular complexity index is 1090. The van der Waals surface area contributed by atoms with Gasteiger partial charge in [-0.2, -0.15) is 0 Å². The average Bonchev–Trinajstić information content (AvgIpc) is 3.44. The fraction of sp³-hybridized carbons (Fsp3) is 0.333. The van der Waals surface area contributed by atoms with Gasteiger partial charge in [-0.3, -0.25) is 9.59 Å². The van der Waals surface area contributed by atoms with E-state index in [-0.39, 0.29) is 18.9 Å². The molecule has 2 aromatic carbocycles. The third-order valence-corrected chi connectivity index (χ3v) is 6.03. The molecule has 0 aromatic heterocycles. The Morgan fingerprint density at radius 1 is 1.19 bits per heavy atom. The van der Waals surface area contributed by atoms with Crippen LogP contribution in [0.5, 0.6) is 17.2 Å². The molecule has 1 unspecified atom stereocenters. The van der Waals surface area contributed by atoms with E-state index < -0.39 is 23.6 Å². The Balaban J connectivity index is 1.44. The highest BCUT2D eigenvalue weighted by atomic mass is 16.7. The first-order valence-corrected chi connectivity index (χ1v) is 10.6. The molecule has 1 aliphatic carbocycles. The SMILES string of the molecule is COc1ccc(CNC(=O)C2=C(O)C(=O)N(CC3CC3)C2c2cccc3c2OCO3)cc1. The van der Waals surface area contributed by atoms with Crippen LogP contribution in [0.15, 0.2) is 53.8 Å². The van der Waals surface area contributed by atoms with Crippen LogP contribution in [-0.2, 0) is 16.1 Å². The van der Waals surface area contributed by atoms with Crippen molar-refractivity contribution in [3.05, 3.63) is 64.9 Å². The number of para-hydroxylation sites is 1. The van der Waals surface area contributed by atoms with E-state index >= 15 is 0 Å². The van der Waals surface area contributed by atoms with Gasteiger partial charge >= 0.3 is 0 Å². The van der Waals surface area contributed by atoms with E-state index in [2.05, 4.69) is 5.32 Å². The van der Waals surface area contributed by atoms with Crippen molar-refractivity contribution in [3.8, 4) is 17.2 Å². The second-order valence-corrected chi connectivity index (χ2v) is 8.18. The lowest BCUT2D eigenvalue weighted by Crippen LogP contribution is -2.34. The van der Waals surface area contributed by atoms with Gasteiger partial charge in [-0.15, -0.1) is 0 Å². The summed E-state index contributed by atoms with van der Waals surface area (Å²) in [5.74, 6) is 0.619. The van der Waals surface area contributed by atoms with Crippen molar-refractivity contribution >= 4 is 11.8 Å². The number of nitrogens with one attached hydrogen (secondary N) is 1. The van der Waals surface area contributed by atoms with Gasteiger partial charge in [-0.1, -0.05) is 24.3 Å². The number of amides is 2. The molecule has 1 fully saturated rings. The number of nitrogens with zero attached hydrogens (tertiary/aromatic N) is 1. The highest BCUT2D eigenvalue weighted by Gasteiger charge is 2.47. The Kier molecular flexibility index (Phi) is 5.13. The largest absolute Gasteiger partial charge is 0.503 e. The van der Waals surface area contributed by atoms with E-state index in [9.17, 15) is 14.7 Å². The molecule has 0 radical (unpaired) electrons. The maximum Gasteiger partial charge on any atom is 0.290 e. The van der Waals surface area contributed by atoms with Crippen LogP contribution in [0.25, 0.3) is 0 Å².